The molecule has 0 radical (unpaired) electrons. The van der Waals surface area contributed by atoms with E-state index in [0.717, 1.165) is 42.7 Å². The fourth-order valence-electron chi connectivity index (χ4n) is 5.27. The van der Waals surface area contributed by atoms with E-state index in [1.165, 1.54) is 10.9 Å². The first-order valence-corrected chi connectivity index (χ1v) is 13.4. The number of esters is 1. The van der Waals surface area contributed by atoms with E-state index in [1.54, 1.807) is 24.3 Å². The first kappa shape index (κ1) is 25.2. The molecule has 7 nitrogen and oxygen atoms in total. The maximum Gasteiger partial charge on any atom is 0.338 e. The van der Waals surface area contributed by atoms with E-state index >= 15 is 0 Å². The van der Waals surface area contributed by atoms with Crippen molar-refractivity contribution < 1.29 is 19.1 Å². The molecule has 0 amide bonds. The third kappa shape index (κ3) is 6.00. The Morgan fingerprint density at radius 1 is 0.974 bits per heavy atom. The van der Waals surface area contributed by atoms with E-state index in [0.29, 0.717) is 30.4 Å². The Bertz CT molecular complexity index is 1490. The highest BCUT2D eigenvalue weighted by Crippen LogP contribution is 2.25. The SMILES string of the molecule is O=C(Cc1cccc(CN2CCC(Nc3cccc4cnccc34)C2)c1)c1cccc(C(=O)OC2COC2)c1. The molecule has 1 atom stereocenters. The normalized spacial score (nSPS) is 17.6. The van der Waals surface area contributed by atoms with Gasteiger partial charge in [0.2, 0.25) is 0 Å². The second-order valence-corrected chi connectivity index (χ2v) is 10.3. The number of benzene rings is 3. The maximum atomic E-state index is 13.0. The molecule has 0 aliphatic carbocycles. The van der Waals surface area contributed by atoms with Crippen LogP contribution in [0.25, 0.3) is 10.8 Å². The van der Waals surface area contributed by atoms with Gasteiger partial charge in [-0.05, 0) is 41.8 Å². The van der Waals surface area contributed by atoms with Gasteiger partial charge in [0.25, 0.3) is 0 Å². The van der Waals surface area contributed by atoms with Crippen LogP contribution in [0.1, 0.15) is 38.3 Å². The van der Waals surface area contributed by atoms with E-state index < -0.39 is 5.97 Å². The number of hydrogen-bond donors (Lipinski definition) is 1. The van der Waals surface area contributed by atoms with Gasteiger partial charge in [-0.1, -0.05) is 48.5 Å². The fourth-order valence-corrected chi connectivity index (χ4v) is 5.27. The van der Waals surface area contributed by atoms with Gasteiger partial charge in [0.1, 0.15) is 6.10 Å². The Morgan fingerprint density at radius 2 is 1.79 bits per heavy atom. The van der Waals surface area contributed by atoms with Gasteiger partial charge in [-0.2, -0.15) is 0 Å². The maximum absolute atomic E-state index is 13.0. The average Bonchev–Trinajstić information content (AvgIpc) is 3.37. The van der Waals surface area contributed by atoms with Crippen LogP contribution in [0.5, 0.6) is 0 Å². The molecule has 7 heteroatoms. The number of Topliss-reactive ketones (excluding diaryl/α,β-unsaturated/α-hetero) is 1. The zero-order valence-corrected chi connectivity index (χ0v) is 21.7. The number of nitrogens with zero attached hydrogens (tertiary/aromatic N) is 2. The summed E-state index contributed by atoms with van der Waals surface area (Å²) in [5.74, 6) is -0.444. The summed E-state index contributed by atoms with van der Waals surface area (Å²) in [6, 6.07) is 23.7. The number of rotatable bonds is 9. The predicted octanol–water partition coefficient (Wildman–Crippen LogP) is 4.90. The summed E-state index contributed by atoms with van der Waals surface area (Å²) < 4.78 is 10.4. The van der Waals surface area contributed by atoms with Gasteiger partial charge in [-0.3, -0.25) is 14.7 Å². The number of fused-ring (bicyclic) bond motifs is 1. The Morgan fingerprint density at radius 3 is 2.67 bits per heavy atom. The number of hydrogen-bond acceptors (Lipinski definition) is 7. The smallest absolute Gasteiger partial charge is 0.338 e. The van der Waals surface area contributed by atoms with Crippen molar-refractivity contribution in [3.05, 3.63) is 107 Å². The first-order chi connectivity index (χ1) is 19.1. The van der Waals surface area contributed by atoms with Crippen LogP contribution >= 0.6 is 0 Å². The molecule has 0 bridgehead atoms. The molecule has 6 rings (SSSR count). The summed E-state index contributed by atoms with van der Waals surface area (Å²) in [7, 11) is 0. The molecular weight excluding hydrogens is 490 g/mol. The number of carbonyl (C=O) groups excluding carboxylic acids is 2. The van der Waals surface area contributed by atoms with Gasteiger partial charge in [-0.25, -0.2) is 4.79 Å². The van der Waals surface area contributed by atoms with Crippen molar-refractivity contribution in [2.45, 2.75) is 31.5 Å². The lowest BCUT2D eigenvalue weighted by molar-refractivity contribution is -0.103. The summed E-state index contributed by atoms with van der Waals surface area (Å²) >= 11 is 0. The molecule has 1 unspecified atom stereocenters. The van der Waals surface area contributed by atoms with E-state index in [1.807, 2.05) is 24.5 Å². The van der Waals surface area contributed by atoms with E-state index in [4.69, 9.17) is 9.47 Å². The predicted molar refractivity (Wildman–Crippen MR) is 150 cm³/mol. The van der Waals surface area contributed by atoms with Crippen molar-refractivity contribution in [3.63, 3.8) is 0 Å². The van der Waals surface area contributed by atoms with Crippen molar-refractivity contribution in [1.29, 1.82) is 0 Å². The summed E-state index contributed by atoms with van der Waals surface area (Å²) in [6.45, 7) is 3.67. The van der Waals surface area contributed by atoms with Gasteiger partial charge in [0.05, 0.1) is 18.8 Å². The van der Waals surface area contributed by atoms with Crippen LogP contribution < -0.4 is 5.32 Å². The summed E-state index contributed by atoms with van der Waals surface area (Å²) in [6.07, 6.45) is 4.89. The number of pyridine rings is 1. The molecule has 2 aliphatic rings. The van der Waals surface area contributed by atoms with Crippen molar-refractivity contribution in [2.75, 3.05) is 31.6 Å². The molecule has 0 saturated carbocycles. The quantitative estimate of drug-likeness (QED) is 0.248. The number of nitrogens with one attached hydrogen (secondary N) is 1. The minimum atomic E-state index is -0.421. The highest BCUT2D eigenvalue weighted by molar-refractivity contribution is 6.00. The van der Waals surface area contributed by atoms with Crippen LogP contribution in [-0.4, -0.2) is 60.1 Å². The minimum Gasteiger partial charge on any atom is -0.454 e. The molecule has 3 heterocycles. The lowest BCUT2D eigenvalue weighted by Crippen LogP contribution is -2.37. The lowest BCUT2D eigenvalue weighted by Gasteiger charge is -2.25. The fraction of sp³-hybridized carbons (Fsp3) is 0.281. The first-order valence-electron chi connectivity index (χ1n) is 13.4. The molecule has 2 aliphatic heterocycles. The third-order valence-corrected chi connectivity index (χ3v) is 7.38. The Balaban J connectivity index is 1.05. The highest BCUT2D eigenvalue weighted by Gasteiger charge is 2.24. The van der Waals surface area contributed by atoms with Crippen LogP contribution in [0.4, 0.5) is 5.69 Å². The van der Waals surface area contributed by atoms with Gasteiger partial charge < -0.3 is 14.8 Å². The second-order valence-electron chi connectivity index (χ2n) is 10.3. The van der Waals surface area contributed by atoms with Crippen LogP contribution in [0.3, 0.4) is 0 Å². The van der Waals surface area contributed by atoms with Gasteiger partial charge in [0, 0.05) is 66.5 Å². The standard InChI is InChI=1S/C32H31N3O4/c36-31(24-6-2-7-25(16-24)32(37)39-28-20-38-21-28)15-22-4-1-5-23(14-22)18-35-13-11-27(19-35)34-30-9-3-8-26-17-33-12-10-29(26)30/h1-10,12,14,16-17,27-28,34H,11,13,15,18-21H2. The second kappa shape index (κ2) is 11.4. The Labute approximate surface area is 227 Å². The molecular formula is C32H31N3O4. The number of anilines is 1. The van der Waals surface area contributed by atoms with Crippen molar-refractivity contribution in [3.8, 4) is 0 Å². The van der Waals surface area contributed by atoms with Crippen molar-refractivity contribution in [1.82, 2.24) is 9.88 Å². The van der Waals surface area contributed by atoms with Crippen LogP contribution in [-0.2, 0) is 22.4 Å². The number of carbonyl (C=O) groups is 2. The Kier molecular flexibility index (Phi) is 7.34. The van der Waals surface area contributed by atoms with Gasteiger partial charge in [-0.15, -0.1) is 0 Å². The van der Waals surface area contributed by atoms with E-state index in [9.17, 15) is 9.59 Å². The monoisotopic (exact) mass is 521 g/mol. The van der Waals surface area contributed by atoms with Crippen LogP contribution in [0.15, 0.2) is 85.2 Å². The zero-order valence-electron chi connectivity index (χ0n) is 21.7. The molecule has 0 spiro atoms. The minimum absolute atomic E-state index is 0.0236. The molecule has 198 valence electrons. The summed E-state index contributed by atoms with van der Waals surface area (Å²) in [4.78, 5) is 32.1. The lowest BCUT2D eigenvalue weighted by atomic mass is 10.00. The molecule has 2 fully saturated rings. The third-order valence-electron chi connectivity index (χ3n) is 7.38. The van der Waals surface area contributed by atoms with E-state index in [-0.39, 0.29) is 18.3 Å². The molecule has 1 aromatic heterocycles. The zero-order chi connectivity index (χ0) is 26.6. The molecule has 2 saturated heterocycles. The van der Waals surface area contributed by atoms with Crippen molar-refractivity contribution >= 4 is 28.2 Å². The Hall–Kier alpha value is -4.07. The van der Waals surface area contributed by atoms with E-state index in [2.05, 4.69) is 51.6 Å². The summed E-state index contributed by atoms with van der Waals surface area (Å²) in [5.41, 5.74) is 4.21. The number of ketones is 1. The molecule has 39 heavy (non-hydrogen) atoms. The molecule has 4 aromatic rings. The number of likely N-dealkylation sites (tertiary alicyclic amines) is 1. The number of aromatic nitrogens is 1. The topological polar surface area (TPSA) is 80.8 Å². The molecule has 3 aromatic carbocycles. The van der Waals surface area contributed by atoms with Crippen molar-refractivity contribution in [2.24, 2.45) is 0 Å². The van der Waals surface area contributed by atoms with Gasteiger partial charge in [0.15, 0.2) is 5.78 Å². The molecule has 1 N–H and O–H groups in total. The highest BCUT2D eigenvalue weighted by atomic mass is 16.6. The number of ether oxygens (including phenoxy) is 2. The van der Waals surface area contributed by atoms with Crippen LogP contribution in [0.2, 0.25) is 0 Å². The van der Waals surface area contributed by atoms with Gasteiger partial charge >= 0.3 is 5.97 Å². The summed E-state index contributed by atoms with van der Waals surface area (Å²) in [5, 5.41) is 6.06. The largest absolute Gasteiger partial charge is 0.454 e. The average molecular weight is 522 g/mol. The van der Waals surface area contributed by atoms with Crippen LogP contribution in [0, 0.1) is 0 Å².